The first kappa shape index (κ1) is 13.1. The molecule has 1 aromatic rings. The van der Waals surface area contributed by atoms with Crippen LogP contribution in [0.1, 0.15) is 18.9 Å². The Hall–Kier alpha value is -1.98. The molecule has 0 radical (unpaired) electrons. The van der Waals surface area contributed by atoms with Crippen molar-refractivity contribution in [3.8, 4) is 0 Å². The molecular formula is C11H11F2NO3. The topological polar surface area (TPSA) is 58.9 Å². The summed E-state index contributed by atoms with van der Waals surface area (Å²) in [5.74, 6) is -2.01. The number of nitrogens with zero attached hydrogens (tertiary/aromatic N) is 1. The average molecular weight is 243 g/mol. The van der Waals surface area contributed by atoms with Crippen molar-refractivity contribution in [2.75, 3.05) is 6.61 Å². The number of carboxylic acid groups (broad SMARTS) is 1. The molecule has 17 heavy (non-hydrogen) atoms. The van der Waals surface area contributed by atoms with Crippen molar-refractivity contribution in [1.29, 1.82) is 0 Å². The van der Waals surface area contributed by atoms with Gasteiger partial charge in [0.05, 0.1) is 5.71 Å². The van der Waals surface area contributed by atoms with Crippen molar-refractivity contribution in [2.24, 2.45) is 5.16 Å². The molecule has 0 spiro atoms. The smallest absolute Gasteiger partial charge is 0.300 e. The summed E-state index contributed by atoms with van der Waals surface area (Å²) in [5, 5.41) is 11.1. The Morgan fingerprint density at radius 2 is 2.12 bits per heavy atom. The van der Waals surface area contributed by atoms with Crippen LogP contribution in [0.4, 0.5) is 8.78 Å². The van der Waals surface area contributed by atoms with E-state index in [0.717, 1.165) is 13.0 Å². The predicted molar refractivity (Wildman–Crippen MR) is 56.8 cm³/mol. The fourth-order valence-electron chi connectivity index (χ4n) is 1.22. The number of rotatable bonds is 1. The molecule has 1 aromatic carbocycles. The minimum atomic E-state index is -0.833. The van der Waals surface area contributed by atoms with Gasteiger partial charge in [-0.15, -0.1) is 0 Å². The van der Waals surface area contributed by atoms with Gasteiger partial charge >= 0.3 is 0 Å². The van der Waals surface area contributed by atoms with Crippen LogP contribution in [0.15, 0.2) is 23.4 Å². The largest absolute Gasteiger partial charge is 0.481 e. The van der Waals surface area contributed by atoms with Crippen molar-refractivity contribution >= 4 is 11.7 Å². The first-order valence-electron chi connectivity index (χ1n) is 4.84. The van der Waals surface area contributed by atoms with Gasteiger partial charge in [0.25, 0.3) is 5.97 Å². The van der Waals surface area contributed by atoms with Crippen LogP contribution in [0.25, 0.3) is 0 Å². The second-order valence-electron chi connectivity index (χ2n) is 3.26. The van der Waals surface area contributed by atoms with Crippen LogP contribution >= 0.6 is 0 Å². The molecular weight excluding hydrogens is 232 g/mol. The molecule has 92 valence electrons. The van der Waals surface area contributed by atoms with Crippen LogP contribution in [0.2, 0.25) is 0 Å². The standard InChI is InChI=1S/C9H7F2NO.C2H4O2/c10-6-1-2-7(8(11)5-6)9-3-4-13-12-9;1-2(3)4/h1-2,5H,3-4H2;1H3,(H,3,4). The third-order valence-electron chi connectivity index (χ3n) is 1.85. The summed E-state index contributed by atoms with van der Waals surface area (Å²) in [6, 6.07) is 3.42. The Kier molecular flexibility index (Phi) is 4.56. The van der Waals surface area contributed by atoms with Crippen molar-refractivity contribution < 1.29 is 23.5 Å². The molecule has 0 unspecified atom stereocenters. The van der Waals surface area contributed by atoms with Gasteiger partial charge in [-0.2, -0.15) is 0 Å². The summed E-state index contributed by atoms with van der Waals surface area (Å²) < 4.78 is 25.6. The first-order valence-corrected chi connectivity index (χ1v) is 4.84. The fraction of sp³-hybridized carbons (Fsp3) is 0.273. The van der Waals surface area contributed by atoms with Crippen LogP contribution in [0, 0.1) is 11.6 Å². The number of carboxylic acids is 1. The van der Waals surface area contributed by atoms with Gasteiger partial charge in [0, 0.05) is 25.0 Å². The van der Waals surface area contributed by atoms with Crippen molar-refractivity contribution in [2.45, 2.75) is 13.3 Å². The molecule has 1 heterocycles. The quantitative estimate of drug-likeness (QED) is 0.822. The Bertz CT molecular complexity index is 442. The van der Waals surface area contributed by atoms with Crippen molar-refractivity contribution in [1.82, 2.24) is 0 Å². The lowest BCUT2D eigenvalue weighted by atomic mass is 10.1. The molecule has 0 aliphatic carbocycles. The number of benzene rings is 1. The van der Waals surface area contributed by atoms with E-state index in [0.29, 0.717) is 24.3 Å². The van der Waals surface area contributed by atoms with Gasteiger partial charge in [0.2, 0.25) is 0 Å². The van der Waals surface area contributed by atoms with E-state index in [9.17, 15) is 8.78 Å². The lowest BCUT2D eigenvalue weighted by molar-refractivity contribution is -0.134. The third kappa shape index (κ3) is 4.18. The van der Waals surface area contributed by atoms with Crippen LogP contribution in [0.3, 0.4) is 0 Å². The van der Waals surface area contributed by atoms with Crippen LogP contribution < -0.4 is 0 Å². The number of oxime groups is 1. The third-order valence-corrected chi connectivity index (χ3v) is 1.85. The summed E-state index contributed by atoms with van der Waals surface area (Å²) in [7, 11) is 0. The summed E-state index contributed by atoms with van der Waals surface area (Å²) in [6.45, 7) is 1.55. The maximum Gasteiger partial charge on any atom is 0.300 e. The van der Waals surface area contributed by atoms with E-state index in [1.807, 2.05) is 0 Å². The molecule has 1 aliphatic heterocycles. The highest BCUT2D eigenvalue weighted by molar-refractivity contribution is 6.01. The normalized spacial score (nSPS) is 13.2. The molecule has 6 heteroatoms. The second kappa shape index (κ2) is 5.93. The minimum Gasteiger partial charge on any atom is -0.481 e. The van der Waals surface area contributed by atoms with E-state index < -0.39 is 17.6 Å². The van der Waals surface area contributed by atoms with E-state index in [4.69, 9.17) is 14.7 Å². The van der Waals surface area contributed by atoms with Gasteiger partial charge in [-0.05, 0) is 12.1 Å². The highest BCUT2D eigenvalue weighted by Gasteiger charge is 2.14. The van der Waals surface area contributed by atoms with Crippen molar-refractivity contribution in [3.63, 3.8) is 0 Å². The lowest BCUT2D eigenvalue weighted by Crippen LogP contribution is -2.01. The van der Waals surface area contributed by atoms with Gasteiger partial charge in [0.15, 0.2) is 0 Å². The zero-order valence-corrected chi connectivity index (χ0v) is 9.11. The van der Waals surface area contributed by atoms with Gasteiger partial charge in [-0.25, -0.2) is 8.78 Å². The summed E-state index contributed by atoms with van der Waals surface area (Å²) in [5.41, 5.74) is 0.858. The van der Waals surface area contributed by atoms with Crippen molar-refractivity contribution in [3.05, 3.63) is 35.4 Å². The highest BCUT2D eigenvalue weighted by Crippen LogP contribution is 2.15. The molecule has 1 aliphatic rings. The lowest BCUT2D eigenvalue weighted by Gasteiger charge is -1.99. The monoisotopic (exact) mass is 243 g/mol. The minimum absolute atomic E-state index is 0.318. The average Bonchev–Trinajstić information content (AvgIpc) is 2.69. The molecule has 0 bridgehead atoms. The number of carbonyl (C=O) groups is 1. The number of hydrogen-bond acceptors (Lipinski definition) is 3. The first-order chi connectivity index (χ1) is 8.00. The molecule has 0 saturated heterocycles. The molecule has 0 fully saturated rings. The number of aliphatic carboxylic acids is 1. The van der Waals surface area contributed by atoms with Crippen LogP contribution in [-0.2, 0) is 9.63 Å². The predicted octanol–water partition coefficient (Wildman–Crippen LogP) is 2.18. The van der Waals surface area contributed by atoms with Gasteiger partial charge in [-0.1, -0.05) is 5.16 Å². The number of halogens is 2. The van der Waals surface area contributed by atoms with Crippen LogP contribution in [-0.4, -0.2) is 23.4 Å². The van der Waals surface area contributed by atoms with E-state index in [1.54, 1.807) is 0 Å². The molecule has 2 rings (SSSR count). The molecule has 0 amide bonds. The van der Waals surface area contributed by atoms with Gasteiger partial charge in [0.1, 0.15) is 18.2 Å². The maximum atomic E-state index is 13.1. The van der Waals surface area contributed by atoms with E-state index in [1.165, 1.54) is 12.1 Å². The molecule has 1 N–H and O–H groups in total. The summed E-state index contributed by atoms with van der Waals surface area (Å²) in [4.78, 5) is 13.7. The van der Waals surface area contributed by atoms with E-state index in [2.05, 4.69) is 5.16 Å². The summed E-state index contributed by atoms with van der Waals surface area (Å²) >= 11 is 0. The van der Waals surface area contributed by atoms with E-state index in [-0.39, 0.29) is 0 Å². The second-order valence-corrected chi connectivity index (χ2v) is 3.26. The fourth-order valence-corrected chi connectivity index (χ4v) is 1.22. The Morgan fingerprint density at radius 1 is 1.47 bits per heavy atom. The van der Waals surface area contributed by atoms with Gasteiger partial charge in [-0.3, -0.25) is 4.79 Å². The number of hydrogen-bond donors (Lipinski definition) is 1. The Morgan fingerprint density at radius 3 is 2.59 bits per heavy atom. The van der Waals surface area contributed by atoms with Crippen LogP contribution in [0.5, 0.6) is 0 Å². The molecule has 0 aromatic heterocycles. The Balaban J connectivity index is 0.000000317. The van der Waals surface area contributed by atoms with Gasteiger partial charge < -0.3 is 9.94 Å². The molecule has 4 nitrogen and oxygen atoms in total. The van der Waals surface area contributed by atoms with E-state index >= 15 is 0 Å². The SMILES string of the molecule is CC(=O)O.Fc1ccc(C2=NOCC2)c(F)c1. The highest BCUT2D eigenvalue weighted by atomic mass is 19.1. The molecule has 0 saturated carbocycles. The summed E-state index contributed by atoms with van der Waals surface area (Å²) in [6.07, 6.45) is 0.572. The zero-order chi connectivity index (χ0) is 12.8. The Labute approximate surface area is 96.5 Å². The maximum absolute atomic E-state index is 13.1. The molecule has 0 atom stereocenters. The zero-order valence-electron chi connectivity index (χ0n) is 9.11.